The number of benzene rings is 2. The van der Waals surface area contributed by atoms with Crippen molar-refractivity contribution in [2.45, 2.75) is 18.9 Å². The Morgan fingerprint density at radius 2 is 1.96 bits per heavy atom. The highest BCUT2D eigenvalue weighted by atomic mass is 16.2. The third-order valence-electron chi connectivity index (χ3n) is 3.81. The molecule has 3 rings (SSSR count). The monoisotopic (exact) mass is 305 g/mol. The lowest BCUT2D eigenvalue weighted by Crippen LogP contribution is -2.41. The zero-order valence-electron chi connectivity index (χ0n) is 12.4. The molecule has 1 heterocycles. The van der Waals surface area contributed by atoms with E-state index in [2.05, 4.69) is 5.32 Å². The number of carbonyl (C=O) groups excluding carboxylic acids is 2. The Balaban J connectivity index is 1.81. The van der Waals surface area contributed by atoms with Crippen molar-refractivity contribution < 1.29 is 9.59 Å². The van der Waals surface area contributed by atoms with Gasteiger partial charge < -0.3 is 5.32 Å². The number of amides is 2. The summed E-state index contributed by atoms with van der Waals surface area (Å²) in [6, 6.07) is 17.4. The number of carbonyl (C=O) groups is 2. The van der Waals surface area contributed by atoms with E-state index >= 15 is 0 Å². The fraction of sp³-hybridized carbons (Fsp3) is 0.167. The first-order valence-corrected chi connectivity index (χ1v) is 7.37. The summed E-state index contributed by atoms with van der Waals surface area (Å²) in [4.78, 5) is 26.2. The SMILES string of the molecule is N#Cc1cccc(NC(=O)C2CCC(=O)N2c2ccccc2)c1. The van der Waals surface area contributed by atoms with Crippen molar-refractivity contribution in [2.75, 3.05) is 10.2 Å². The van der Waals surface area contributed by atoms with Crippen LogP contribution in [0.5, 0.6) is 0 Å². The minimum Gasteiger partial charge on any atom is -0.324 e. The molecule has 1 aliphatic heterocycles. The van der Waals surface area contributed by atoms with Crippen molar-refractivity contribution in [2.24, 2.45) is 0 Å². The topological polar surface area (TPSA) is 73.2 Å². The highest BCUT2D eigenvalue weighted by molar-refractivity contribution is 6.07. The number of anilines is 2. The van der Waals surface area contributed by atoms with Gasteiger partial charge in [0.25, 0.3) is 0 Å². The Bertz CT molecular complexity index is 780. The number of para-hydroxylation sites is 1. The van der Waals surface area contributed by atoms with E-state index < -0.39 is 6.04 Å². The molecule has 1 N–H and O–H groups in total. The number of nitrogens with one attached hydrogen (secondary N) is 1. The zero-order chi connectivity index (χ0) is 16.2. The summed E-state index contributed by atoms with van der Waals surface area (Å²) in [5.41, 5.74) is 1.76. The van der Waals surface area contributed by atoms with Crippen LogP contribution in [0.25, 0.3) is 0 Å². The first-order valence-electron chi connectivity index (χ1n) is 7.37. The van der Waals surface area contributed by atoms with Crippen LogP contribution < -0.4 is 10.2 Å². The third-order valence-corrected chi connectivity index (χ3v) is 3.81. The minimum absolute atomic E-state index is 0.0536. The molecule has 1 unspecified atom stereocenters. The molecule has 114 valence electrons. The molecule has 1 atom stereocenters. The van der Waals surface area contributed by atoms with Crippen LogP contribution in [-0.2, 0) is 9.59 Å². The average Bonchev–Trinajstić information content (AvgIpc) is 2.97. The summed E-state index contributed by atoms with van der Waals surface area (Å²) in [7, 11) is 0. The number of hydrogen-bond donors (Lipinski definition) is 1. The van der Waals surface area contributed by atoms with Gasteiger partial charge in [-0.3, -0.25) is 14.5 Å². The van der Waals surface area contributed by atoms with Gasteiger partial charge in [-0.2, -0.15) is 5.26 Å². The van der Waals surface area contributed by atoms with E-state index in [-0.39, 0.29) is 11.8 Å². The van der Waals surface area contributed by atoms with Crippen molar-refractivity contribution >= 4 is 23.2 Å². The maximum Gasteiger partial charge on any atom is 0.247 e. The summed E-state index contributed by atoms with van der Waals surface area (Å²) in [6.45, 7) is 0. The predicted molar refractivity (Wildman–Crippen MR) is 86.7 cm³/mol. The highest BCUT2D eigenvalue weighted by Gasteiger charge is 2.36. The number of hydrogen-bond acceptors (Lipinski definition) is 3. The Morgan fingerprint density at radius 3 is 2.70 bits per heavy atom. The van der Waals surface area contributed by atoms with Crippen LogP contribution in [-0.4, -0.2) is 17.9 Å². The second-order valence-electron chi connectivity index (χ2n) is 5.34. The molecule has 1 saturated heterocycles. The molecular weight excluding hydrogens is 290 g/mol. The number of rotatable bonds is 3. The average molecular weight is 305 g/mol. The van der Waals surface area contributed by atoms with Crippen LogP contribution in [0, 0.1) is 11.3 Å². The smallest absolute Gasteiger partial charge is 0.247 e. The van der Waals surface area contributed by atoms with Gasteiger partial charge in [0.1, 0.15) is 6.04 Å². The molecule has 2 amide bonds. The van der Waals surface area contributed by atoms with Crippen molar-refractivity contribution in [1.29, 1.82) is 5.26 Å². The van der Waals surface area contributed by atoms with Crippen LogP contribution in [0.15, 0.2) is 54.6 Å². The van der Waals surface area contributed by atoms with Crippen molar-refractivity contribution in [3.63, 3.8) is 0 Å². The van der Waals surface area contributed by atoms with Crippen LogP contribution in [0.4, 0.5) is 11.4 Å². The molecule has 0 bridgehead atoms. The van der Waals surface area contributed by atoms with Gasteiger partial charge in [-0.25, -0.2) is 0 Å². The van der Waals surface area contributed by atoms with Gasteiger partial charge in [0.15, 0.2) is 0 Å². The Morgan fingerprint density at radius 1 is 1.17 bits per heavy atom. The fourth-order valence-electron chi connectivity index (χ4n) is 2.74. The third kappa shape index (κ3) is 3.06. The van der Waals surface area contributed by atoms with Gasteiger partial charge in [0.2, 0.25) is 11.8 Å². The Kier molecular flexibility index (Phi) is 4.07. The van der Waals surface area contributed by atoms with E-state index in [0.29, 0.717) is 24.1 Å². The molecule has 5 heteroatoms. The maximum absolute atomic E-state index is 12.6. The van der Waals surface area contributed by atoms with Crippen molar-refractivity contribution in [1.82, 2.24) is 0 Å². The minimum atomic E-state index is -0.532. The van der Waals surface area contributed by atoms with E-state index in [4.69, 9.17) is 5.26 Å². The van der Waals surface area contributed by atoms with E-state index in [0.717, 1.165) is 5.69 Å². The van der Waals surface area contributed by atoms with E-state index in [1.807, 2.05) is 36.4 Å². The van der Waals surface area contributed by atoms with Gasteiger partial charge in [-0.15, -0.1) is 0 Å². The summed E-state index contributed by atoms with van der Waals surface area (Å²) >= 11 is 0. The predicted octanol–water partition coefficient (Wildman–Crippen LogP) is 2.69. The second kappa shape index (κ2) is 6.32. The Hall–Kier alpha value is -3.13. The first-order chi connectivity index (χ1) is 11.2. The van der Waals surface area contributed by atoms with Crippen molar-refractivity contribution in [3.8, 4) is 6.07 Å². The van der Waals surface area contributed by atoms with Crippen LogP contribution in [0.2, 0.25) is 0 Å². The molecule has 0 aliphatic carbocycles. The van der Waals surface area contributed by atoms with Gasteiger partial charge in [0, 0.05) is 17.8 Å². The molecule has 0 radical (unpaired) electrons. The van der Waals surface area contributed by atoms with E-state index in [1.54, 1.807) is 29.2 Å². The summed E-state index contributed by atoms with van der Waals surface area (Å²) < 4.78 is 0. The molecule has 1 aliphatic rings. The fourth-order valence-corrected chi connectivity index (χ4v) is 2.74. The standard InChI is InChI=1S/C18H15N3O2/c19-12-13-5-4-6-14(11-13)20-18(23)16-9-10-17(22)21(16)15-7-2-1-3-8-15/h1-8,11,16H,9-10H2,(H,20,23). The number of nitrogens with zero attached hydrogens (tertiary/aromatic N) is 2. The quantitative estimate of drug-likeness (QED) is 0.947. The highest BCUT2D eigenvalue weighted by Crippen LogP contribution is 2.27. The molecule has 1 fully saturated rings. The molecular formula is C18H15N3O2. The largest absolute Gasteiger partial charge is 0.324 e. The summed E-state index contributed by atoms with van der Waals surface area (Å²) in [6.07, 6.45) is 0.836. The van der Waals surface area contributed by atoms with Gasteiger partial charge in [-0.05, 0) is 36.8 Å². The molecule has 0 saturated carbocycles. The first kappa shape index (κ1) is 14.8. The molecule has 0 spiro atoms. The number of nitriles is 1. The molecule has 23 heavy (non-hydrogen) atoms. The molecule has 5 nitrogen and oxygen atoms in total. The van der Waals surface area contributed by atoms with Crippen LogP contribution >= 0.6 is 0 Å². The normalized spacial score (nSPS) is 16.9. The summed E-state index contributed by atoms with van der Waals surface area (Å²) in [5.74, 6) is -0.295. The van der Waals surface area contributed by atoms with Crippen molar-refractivity contribution in [3.05, 3.63) is 60.2 Å². The van der Waals surface area contributed by atoms with Crippen LogP contribution in [0.1, 0.15) is 18.4 Å². The molecule has 0 aromatic heterocycles. The lowest BCUT2D eigenvalue weighted by atomic mass is 10.1. The van der Waals surface area contributed by atoms with Gasteiger partial charge >= 0.3 is 0 Å². The second-order valence-corrected chi connectivity index (χ2v) is 5.34. The molecule has 2 aromatic carbocycles. The lowest BCUT2D eigenvalue weighted by molar-refractivity contribution is -0.120. The van der Waals surface area contributed by atoms with Gasteiger partial charge in [0.05, 0.1) is 11.6 Å². The van der Waals surface area contributed by atoms with E-state index in [9.17, 15) is 9.59 Å². The Labute approximate surface area is 134 Å². The lowest BCUT2D eigenvalue weighted by Gasteiger charge is -2.24. The van der Waals surface area contributed by atoms with E-state index in [1.165, 1.54) is 0 Å². The zero-order valence-corrected chi connectivity index (χ0v) is 12.4. The molecule has 2 aromatic rings. The van der Waals surface area contributed by atoms with Crippen LogP contribution in [0.3, 0.4) is 0 Å². The summed E-state index contributed by atoms with van der Waals surface area (Å²) in [5, 5.41) is 11.7. The van der Waals surface area contributed by atoms with Gasteiger partial charge in [-0.1, -0.05) is 24.3 Å². The maximum atomic E-state index is 12.6.